The first-order chi connectivity index (χ1) is 10.3. The third-order valence-corrected chi connectivity index (χ3v) is 6.55. The summed E-state index contributed by atoms with van der Waals surface area (Å²) in [5.74, 6) is -1.75. The first kappa shape index (κ1) is 16.9. The molecule has 7 nitrogen and oxygen atoms in total. The molecule has 3 atom stereocenters. The monoisotopic (exact) mass is 346 g/mol. The van der Waals surface area contributed by atoms with Gasteiger partial charge in [0.2, 0.25) is 5.91 Å². The van der Waals surface area contributed by atoms with Gasteiger partial charge >= 0.3 is 5.97 Å². The Bertz CT molecular complexity index is 641. The molecule has 0 saturated heterocycles. The average Bonchev–Trinajstić information content (AvgIpc) is 3.09. The van der Waals surface area contributed by atoms with Gasteiger partial charge in [-0.15, -0.1) is 11.3 Å². The van der Waals surface area contributed by atoms with Crippen molar-refractivity contribution in [2.24, 2.45) is 5.92 Å². The molecule has 0 aliphatic heterocycles. The molecule has 1 amide bonds. The van der Waals surface area contributed by atoms with Crippen molar-refractivity contribution in [3.8, 4) is 0 Å². The highest BCUT2D eigenvalue weighted by Gasteiger charge is 2.32. The van der Waals surface area contributed by atoms with Crippen LogP contribution < -0.4 is 10.0 Å². The number of carboxylic acid groups (broad SMARTS) is 1. The zero-order chi connectivity index (χ0) is 16.3. The van der Waals surface area contributed by atoms with Gasteiger partial charge in [-0.3, -0.25) is 9.59 Å². The molecule has 1 aliphatic rings. The minimum atomic E-state index is -3.71. The van der Waals surface area contributed by atoms with Crippen LogP contribution >= 0.6 is 11.3 Å². The van der Waals surface area contributed by atoms with Crippen molar-refractivity contribution < 1.29 is 23.1 Å². The molecule has 1 unspecified atom stereocenters. The van der Waals surface area contributed by atoms with Gasteiger partial charge in [-0.25, -0.2) is 8.42 Å². The Morgan fingerprint density at radius 3 is 2.68 bits per heavy atom. The Morgan fingerprint density at radius 2 is 2.14 bits per heavy atom. The zero-order valence-electron chi connectivity index (χ0n) is 12.0. The summed E-state index contributed by atoms with van der Waals surface area (Å²) in [4.78, 5) is 22.9. The van der Waals surface area contributed by atoms with Crippen LogP contribution in [-0.2, 0) is 19.6 Å². The van der Waals surface area contributed by atoms with Gasteiger partial charge in [0.25, 0.3) is 10.0 Å². The summed E-state index contributed by atoms with van der Waals surface area (Å²) in [5, 5.41) is 13.3. The molecule has 9 heteroatoms. The van der Waals surface area contributed by atoms with E-state index in [-0.39, 0.29) is 10.3 Å². The van der Waals surface area contributed by atoms with Gasteiger partial charge in [0.05, 0.1) is 12.0 Å². The molecule has 0 spiro atoms. The van der Waals surface area contributed by atoms with E-state index in [2.05, 4.69) is 10.0 Å². The van der Waals surface area contributed by atoms with E-state index in [0.29, 0.717) is 19.3 Å². The summed E-state index contributed by atoms with van der Waals surface area (Å²) in [7, 11) is -3.71. The SMILES string of the molecule is CC(NS(=O)(=O)c1cccs1)C(=O)N[C@@H]1CC[C@H](C(=O)O)C1. The number of carbonyl (C=O) groups excluding carboxylic acids is 1. The number of thiophene rings is 1. The van der Waals surface area contributed by atoms with Crippen LogP contribution in [0.15, 0.2) is 21.7 Å². The van der Waals surface area contributed by atoms with E-state index < -0.39 is 33.9 Å². The number of aliphatic carboxylic acids is 1. The molecule has 1 aromatic heterocycles. The van der Waals surface area contributed by atoms with Crippen LogP contribution in [0.5, 0.6) is 0 Å². The Hall–Kier alpha value is -1.45. The predicted molar refractivity (Wildman–Crippen MR) is 81.0 cm³/mol. The zero-order valence-corrected chi connectivity index (χ0v) is 13.6. The van der Waals surface area contributed by atoms with Crippen molar-refractivity contribution in [3.63, 3.8) is 0 Å². The van der Waals surface area contributed by atoms with Crippen molar-refractivity contribution in [3.05, 3.63) is 17.5 Å². The molecular formula is C13H18N2O5S2. The Morgan fingerprint density at radius 1 is 1.41 bits per heavy atom. The van der Waals surface area contributed by atoms with E-state index >= 15 is 0 Å². The molecule has 0 radical (unpaired) electrons. The summed E-state index contributed by atoms with van der Waals surface area (Å²) >= 11 is 1.07. The first-order valence-corrected chi connectivity index (χ1v) is 9.25. The highest BCUT2D eigenvalue weighted by Crippen LogP contribution is 2.25. The quantitative estimate of drug-likeness (QED) is 0.705. The average molecular weight is 346 g/mol. The Balaban J connectivity index is 1.89. The maximum Gasteiger partial charge on any atom is 0.306 e. The molecule has 0 aromatic carbocycles. The number of rotatable bonds is 6. The molecule has 2 rings (SSSR count). The Labute approximate surface area is 132 Å². The smallest absolute Gasteiger partial charge is 0.306 e. The second-order valence-electron chi connectivity index (χ2n) is 5.33. The van der Waals surface area contributed by atoms with Crippen LogP contribution in [0.4, 0.5) is 0 Å². The summed E-state index contributed by atoms with van der Waals surface area (Å²) in [6.07, 6.45) is 1.49. The number of carbonyl (C=O) groups is 2. The highest BCUT2D eigenvalue weighted by molar-refractivity contribution is 7.91. The van der Waals surface area contributed by atoms with Gasteiger partial charge in [0.1, 0.15) is 4.21 Å². The summed E-state index contributed by atoms with van der Waals surface area (Å²) < 4.78 is 26.5. The van der Waals surface area contributed by atoms with E-state index in [9.17, 15) is 18.0 Å². The van der Waals surface area contributed by atoms with Gasteiger partial charge in [0.15, 0.2) is 0 Å². The molecular weight excluding hydrogens is 328 g/mol. The maximum atomic E-state index is 12.0. The van der Waals surface area contributed by atoms with Crippen LogP contribution in [0.2, 0.25) is 0 Å². The molecule has 1 heterocycles. The van der Waals surface area contributed by atoms with Crippen molar-refractivity contribution in [1.82, 2.24) is 10.0 Å². The third kappa shape index (κ3) is 4.05. The van der Waals surface area contributed by atoms with Crippen LogP contribution in [-0.4, -0.2) is 37.5 Å². The number of hydrogen-bond acceptors (Lipinski definition) is 5. The molecule has 1 saturated carbocycles. The van der Waals surface area contributed by atoms with Gasteiger partial charge in [0, 0.05) is 6.04 Å². The predicted octanol–water partition coefficient (Wildman–Crippen LogP) is 0.784. The fourth-order valence-corrected chi connectivity index (χ4v) is 4.64. The van der Waals surface area contributed by atoms with Crippen molar-refractivity contribution in [2.75, 3.05) is 0 Å². The van der Waals surface area contributed by atoms with E-state index in [4.69, 9.17) is 5.11 Å². The molecule has 0 bridgehead atoms. The summed E-state index contributed by atoms with van der Waals surface area (Å²) in [5.41, 5.74) is 0. The molecule has 3 N–H and O–H groups in total. The minimum Gasteiger partial charge on any atom is -0.481 e. The molecule has 1 aromatic rings. The Kier molecular flexibility index (Phi) is 5.20. The largest absolute Gasteiger partial charge is 0.481 e. The molecule has 1 fully saturated rings. The lowest BCUT2D eigenvalue weighted by Crippen LogP contribution is -2.47. The molecule has 122 valence electrons. The lowest BCUT2D eigenvalue weighted by molar-refractivity contribution is -0.141. The third-order valence-electron chi connectivity index (χ3n) is 3.61. The standard InChI is InChI=1S/C13H18N2O5S2/c1-8(15-22(19,20)11-3-2-6-21-11)12(16)14-10-5-4-9(7-10)13(17)18/h2-3,6,8-10,15H,4-5,7H2,1H3,(H,14,16)(H,17,18)/t8?,9-,10+/m0/s1. The van der Waals surface area contributed by atoms with E-state index in [1.165, 1.54) is 13.0 Å². The van der Waals surface area contributed by atoms with Gasteiger partial charge in [-0.2, -0.15) is 4.72 Å². The summed E-state index contributed by atoms with van der Waals surface area (Å²) in [6, 6.07) is 1.94. The topological polar surface area (TPSA) is 113 Å². The van der Waals surface area contributed by atoms with Crippen LogP contribution in [0, 0.1) is 5.92 Å². The maximum absolute atomic E-state index is 12.0. The van der Waals surface area contributed by atoms with Gasteiger partial charge in [-0.1, -0.05) is 6.07 Å². The van der Waals surface area contributed by atoms with Gasteiger partial charge in [-0.05, 0) is 37.6 Å². The normalized spacial score (nSPS) is 23.1. The minimum absolute atomic E-state index is 0.152. The number of amides is 1. The number of hydrogen-bond donors (Lipinski definition) is 3. The second-order valence-corrected chi connectivity index (χ2v) is 8.22. The lowest BCUT2D eigenvalue weighted by Gasteiger charge is -2.17. The van der Waals surface area contributed by atoms with Gasteiger partial charge < -0.3 is 10.4 Å². The van der Waals surface area contributed by atoms with Crippen LogP contribution in [0.25, 0.3) is 0 Å². The number of sulfonamides is 1. The lowest BCUT2D eigenvalue weighted by atomic mass is 10.1. The van der Waals surface area contributed by atoms with E-state index in [1.807, 2.05) is 0 Å². The van der Waals surface area contributed by atoms with E-state index in [1.54, 1.807) is 11.4 Å². The first-order valence-electron chi connectivity index (χ1n) is 6.88. The van der Waals surface area contributed by atoms with Crippen LogP contribution in [0.3, 0.4) is 0 Å². The molecule has 22 heavy (non-hydrogen) atoms. The molecule has 1 aliphatic carbocycles. The van der Waals surface area contributed by atoms with Crippen molar-refractivity contribution in [1.29, 1.82) is 0 Å². The van der Waals surface area contributed by atoms with Crippen molar-refractivity contribution in [2.45, 2.75) is 42.5 Å². The van der Waals surface area contributed by atoms with Crippen molar-refractivity contribution >= 4 is 33.2 Å². The van der Waals surface area contributed by atoms with E-state index in [0.717, 1.165) is 11.3 Å². The number of nitrogens with one attached hydrogen (secondary N) is 2. The summed E-state index contributed by atoms with van der Waals surface area (Å²) in [6.45, 7) is 1.46. The second kappa shape index (κ2) is 6.76. The fraction of sp³-hybridized carbons (Fsp3) is 0.538. The fourth-order valence-electron chi connectivity index (χ4n) is 2.42. The number of carboxylic acids is 1. The highest BCUT2D eigenvalue weighted by atomic mass is 32.2. The van der Waals surface area contributed by atoms with Crippen LogP contribution in [0.1, 0.15) is 26.2 Å².